The molecular formula is C17H16O3. The summed E-state index contributed by atoms with van der Waals surface area (Å²) < 4.78 is 6.04. The van der Waals surface area contributed by atoms with Crippen LogP contribution in [0, 0.1) is 0 Å². The average Bonchev–Trinajstić information content (AvgIpc) is 2.47. The molecule has 0 saturated heterocycles. The number of ether oxygens (including phenoxy) is 1. The highest BCUT2D eigenvalue weighted by atomic mass is 16.5. The molecule has 0 aromatic heterocycles. The normalized spacial score (nSPS) is 20.8. The maximum atomic E-state index is 11.1. The smallest absolute Gasteiger partial charge is 0.303 e. The van der Waals surface area contributed by atoms with Crippen molar-refractivity contribution in [2.75, 3.05) is 0 Å². The number of benzene rings is 2. The zero-order chi connectivity index (χ0) is 13.9. The van der Waals surface area contributed by atoms with Crippen molar-refractivity contribution in [2.45, 2.75) is 24.9 Å². The zero-order valence-electron chi connectivity index (χ0n) is 11.0. The van der Waals surface area contributed by atoms with Gasteiger partial charge in [0.15, 0.2) is 0 Å². The Morgan fingerprint density at radius 3 is 2.55 bits per heavy atom. The van der Waals surface area contributed by atoms with Crippen LogP contribution >= 0.6 is 0 Å². The highest BCUT2D eigenvalue weighted by Crippen LogP contribution is 2.43. The molecule has 3 nitrogen and oxygen atoms in total. The van der Waals surface area contributed by atoms with E-state index in [4.69, 9.17) is 9.84 Å². The van der Waals surface area contributed by atoms with Gasteiger partial charge in [-0.1, -0.05) is 48.5 Å². The summed E-state index contributed by atoms with van der Waals surface area (Å²) in [4.78, 5) is 11.1. The molecule has 2 unspecified atom stereocenters. The zero-order valence-corrected chi connectivity index (χ0v) is 11.0. The number of hydrogen-bond donors (Lipinski definition) is 1. The van der Waals surface area contributed by atoms with Crippen LogP contribution in [0.1, 0.15) is 36.0 Å². The van der Waals surface area contributed by atoms with Crippen molar-refractivity contribution in [3.63, 3.8) is 0 Å². The quantitative estimate of drug-likeness (QED) is 0.921. The van der Waals surface area contributed by atoms with Crippen LogP contribution in [-0.2, 0) is 4.79 Å². The lowest BCUT2D eigenvalue weighted by atomic mass is 9.85. The summed E-state index contributed by atoms with van der Waals surface area (Å²) in [6.07, 6.45) is 0.771. The third-order valence-electron chi connectivity index (χ3n) is 3.72. The topological polar surface area (TPSA) is 46.5 Å². The van der Waals surface area contributed by atoms with Crippen molar-refractivity contribution in [3.8, 4) is 5.75 Å². The van der Waals surface area contributed by atoms with Crippen LogP contribution in [0.5, 0.6) is 5.75 Å². The molecule has 0 spiro atoms. The molecule has 0 radical (unpaired) electrons. The Labute approximate surface area is 117 Å². The molecule has 0 amide bonds. The lowest BCUT2D eigenvalue weighted by molar-refractivity contribution is -0.137. The number of carboxylic acid groups (broad SMARTS) is 1. The van der Waals surface area contributed by atoms with E-state index in [1.54, 1.807) is 0 Å². The summed E-state index contributed by atoms with van der Waals surface area (Å²) in [5.74, 6) is 0.0417. The van der Waals surface area contributed by atoms with Gasteiger partial charge in [0.1, 0.15) is 11.9 Å². The summed E-state index contributed by atoms with van der Waals surface area (Å²) in [5, 5.41) is 9.11. The average molecular weight is 268 g/mol. The monoisotopic (exact) mass is 268 g/mol. The molecule has 20 heavy (non-hydrogen) atoms. The molecule has 2 aromatic rings. The standard InChI is InChI=1S/C17H16O3/c18-17(19)11-13-10-16(12-6-2-1-3-7-12)20-15-9-5-4-8-14(13)15/h1-9,13,16H,10-11H2,(H,18,19). The Kier molecular flexibility index (Phi) is 3.42. The van der Waals surface area contributed by atoms with E-state index in [-0.39, 0.29) is 18.4 Å². The first-order valence-electron chi connectivity index (χ1n) is 6.76. The SMILES string of the molecule is O=C(O)CC1CC(c2ccccc2)Oc2ccccc21. The van der Waals surface area contributed by atoms with Gasteiger partial charge >= 0.3 is 5.97 Å². The Bertz CT molecular complexity index is 607. The van der Waals surface area contributed by atoms with Crippen LogP contribution in [-0.4, -0.2) is 11.1 Å². The second kappa shape index (κ2) is 5.37. The number of fused-ring (bicyclic) bond motifs is 1. The maximum absolute atomic E-state index is 11.1. The molecule has 2 atom stereocenters. The van der Waals surface area contributed by atoms with E-state index in [0.29, 0.717) is 6.42 Å². The van der Waals surface area contributed by atoms with E-state index in [2.05, 4.69) is 0 Å². The first-order valence-corrected chi connectivity index (χ1v) is 6.76. The minimum atomic E-state index is -0.765. The summed E-state index contributed by atoms with van der Waals surface area (Å²) in [6, 6.07) is 17.7. The van der Waals surface area contributed by atoms with E-state index < -0.39 is 5.97 Å². The Morgan fingerprint density at radius 1 is 1.10 bits per heavy atom. The first-order chi connectivity index (χ1) is 9.74. The van der Waals surface area contributed by atoms with E-state index in [1.165, 1.54) is 0 Å². The second-order valence-corrected chi connectivity index (χ2v) is 5.09. The molecule has 1 heterocycles. The minimum Gasteiger partial charge on any atom is -0.485 e. The second-order valence-electron chi connectivity index (χ2n) is 5.09. The molecule has 0 bridgehead atoms. The molecule has 1 N–H and O–H groups in total. The van der Waals surface area contributed by atoms with Gasteiger partial charge in [0, 0.05) is 5.92 Å². The molecular weight excluding hydrogens is 252 g/mol. The maximum Gasteiger partial charge on any atom is 0.303 e. The van der Waals surface area contributed by atoms with Crippen LogP contribution in [0.2, 0.25) is 0 Å². The van der Waals surface area contributed by atoms with Crippen molar-refractivity contribution in [1.82, 2.24) is 0 Å². The predicted molar refractivity (Wildman–Crippen MR) is 75.9 cm³/mol. The van der Waals surface area contributed by atoms with Crippen LogP contribution in [0.15, 0.2) is 54.6 Å². The van der Waals surface area contributed by atoms with Gasteiger partial charge in [-0.15, -0.1) is 0 Å². The Hall–Kier alpha value is -2.29. The van der Waals surface area contributed by atoms with E-state index >= 15 is 0 Å². The van der Waals surface area contributed by atoms with E-state index in [9.17, 15) is 4.79 Å². The predicted octanol–water partition coefficient (Wildman–Crippen LogP) is 3.77. The fraction of sp³-hybridized carbons (Fsp3) is 0.235. The fourth-order valence-corrected chi connectivity index (χ4v) is 2.79. The molecule has 1 aliphatic rings. The summed E-state index contributed by atoms with van der Waals surface area (Å²) in [7, 11) is 0. The number of hydrogen-bond acceptors (Lipinski definition) is 2. The van der Waals surface area contributed by atoms with Crippen molar-refractivity contribution in [3.05, 3.63) is 65.7 Å². The number of aliphatic carboxylic acids is 1. The fourth-order valence-electron chi connectivity index (χ4n) is 2.79. The number of carboxylic acids is 1. The highest BCUT2D eigenvalue weighted by molar-refractivity contribution is 5.68. The summed E-state index contributed by atoms with van der Waals surface area (Å²) in [6.45, 7) is 0. The first kappa shape index (κ1) is 12.7. The summed E-state index contributed by atoms with van der Waals surface area (Å²) in [5.41, 5.74) is 2.10. The Balaban J connectivity index is 1.94. The van der Waals surface area contributed by atoms with Crippen LogP contribution in [0.4, 0.5) is 0 Å². The Morgan fingerprint density at radius 2 is 1.80 bits per heavy atom. The summed E-state index contributed by atoms with van der Waals surface area (Å²) >= 11 is 0. The highest BCUT2D eigenvalue weighted by Gasteiger charge is 2.30. The molecule has 2 aromatic carbocycles. The van der Waals surface area contributed by atoms with Gasteiger partial charge in [0.25, 0.3) is 0 Å². The third kappa shape index (κ3) is 2.52. The number of carbonyl (C=O) groups is 1. The van der Waals surface area contributed by atoms with Gasteiger partial charge in [-0.3, -0.25) is 4.79 Å². The van der Waals surface area contributed by atoms with E-state index in [1.807, 2.05) is 54.6 Å². The van der Waals surface area contributed by atoms with Gasteiger partial charge in [-0.05, 0) is 23.6 Å². The van der Waals surface area contributed by atoms with Crippen molar-refractivity contribution < 1.29 is 14.6 Å². The molecule has 3 heteroatoms. The van der Waals surface area contributed by atoms with Gasteiger partial charge < -0.3 is 9.84 Å². The minimum absolute atomic E-state index is 0.00246. The van der Waals surface area contributed by atoms with Crippen molar-refractivity contribution >= 4 is 5.97 Å². The lowest BCUT2D eigenvalue weighted by Gasteiger charge is -2.31. The number of rotatable bonds is 3. The number of para-hydroxylation sites is 1. The largest absolute Gasteiger partial charge is 0.485 e. The van der Waals surface area contributed by atoms with Gasteiger partial charge in [0.05, 0.1) is 6.42 Å². The van der Waals surface area contributed by atoms with Crippen LogP contribution in [0.25, 0.3) is 0 Å². The molecule has 3 rings (SSSR count). The lowest BCUT2D eigenvalue weighted by Crippen LogP contribution is -2.21. The van der Waals surface area contributed by atoms with Crippen LogP contribution in [0.3, 0.4) is 0 Å². The molecule has 0 aliphatic carbocycles. The van der Waals surface area contributed by atoms with E-state index in [0.717, 1.165) is 16.9 Å². The molecule has 0 fully saturated rings. The van der Waals surface area contributed by atoms with Gasteiger partial charge in [-0.2, -0.15) is 0 Å². The molecule has 102 valence electrons. The molecule has 0 saturated carbocycles. The van der Waals surface area contributed by atoms with Gasteiger partial charge in [-0.25, -0.2) is 0 Å². The van der Waals surface area contributed by atoms with Gasteiger partial charge in [0.2, 0.25) is 0 Å². The van der Waals surface area contributed by atoms with Crippen molar-refractivity contribution in [1.29, 1.82) is 0 Å². The molecule has 1 aliphatic heterocycles. The van der Waals surface area contributed by atoms with Crippen LogP contribution < -0.4 is 4.74 Å². The third-order valence-corrected chi connectivity index (χ3v) is 3.72. The van der Waals surface area contributed by atoms with Crippen molar-refractivity contribution in [2.24, 2.45) is 0 Å².